The predicted octanol–water partition coefficient (Wildman–Crippen LogP) is 2.75. The molecule has 0 aliphatic rings. The topological polar surface area (TPSA) is 83.5 Å². The maximum absolute atomic E-state index is 12.6. The van der Waals surface area contributed by atoms with Gasteiger partial charge in [0, 0.05) is 23.5 Å². The fourth-order valence-corrected chi connectivity index (χ4v) is 4.28. The average Bonchev–Trinajstić information content (AvgIpc) is 2.58. The van der Waals surface area contributed by atoms with Crippen LogP contribution in [0, 0.1) is 5.92 Å². The minimum absolute atomic E-state index is 0.0591. The zero-order valence-electron chi connectivity index (χ0n) is 14.3. The van der Waals surface area contributed by atoms with Crippen molar-refractivity contribution in [3.63, 3.8) is 0 Å². The lowest BCUT2D eigenvalue weighted by Gasteiger charge is -2.20. The normalized spacial score (nSPS) is 13.0. The Balaban J connectivity index is 2.74. The van der Waals surface area contributed by atoms with Crippen LogP contribution in [0.15, 0.2) is 30.3 Å². The number of hydrogen-bond donors (Lipinski definition) is 2. The number of rotatable bonds is 11. The Labute approximate surface area is 161 Å². The molecule has 0 aromatic heterocycles. The van der Waals surface area contributed by atoms with Gasteiger partial charge in [-0.05, 0) is 18.2 Å². The van der Waals surface area contributed by atoms with Crippen molar-refractivity contribution in [1.29, 1.82) is 0 Å². The summed E-state index contributed by atoms with van der Waals surface area (Å²) in [6.45, 7) is 1.46. The second-order valence-corrected chi connectivity index (χ2v) is 8.82. The first-order valence-corrected chi connectivity index (χ1v) is 11.2. The van der Waals surface area contributed by atoms with Crippen molar-refractivity contribution in [2.24, 2.45) is 5.92 Å². The molecule has 8 heteroatoms. The van der Waals surface area contributed by atoms with Crippen LogP contribution >= 0.6 is 35.3 Å². The van der Waals surface area contributed by atoms with Gasteiger partial charge in [0.25, 0.3) is 0 Å². The second kappa shape index (κ2) is 12.3. The Morgan fingerprint density at radius 3 is 2.40 bits per heavy atom. The smallest absolute Gasteiger partial charge is 0.327 e. The maximum atomic E-state index is 12.6. The molecule has 0 aliphatic carbocycles. The van der Waals surface area contributed by atoms with E-state index in [9.17, 15) is 19.5 Å². The molecule has 2 N–H and O–H groups in total. The molecule has 0 fully saturated rings. The number of aliphatic carboxylic acids is 1. The highest BCUT2D eigenvalue weighted by Crippen LogP contribution is 2.17. The van der Waals surface area contributed by atoms with Gasteiger partial charge in [0.15, 0.2) is 5.12 Å². The van der Waals surface area contributed by atoms with E-state index in [2.05, 4.69) is 5.32 Å². The van der Waals surface area contributed by atoms with Crippen LogP contribution in [-0.2, 0) is 20.8 Å². The molecule has 1 aromatic carbocycles. The van der Waals surface area contributed by atoms with Crippen molar-refractivity contribution < 1.29 is 19.5 Å². The van der Waals surface area contributed by atoms with Crippen molar-refractivity contribution in [1.82, 2.24) is 5.32 Å². The van der Waals surface area contributed by atoms with Crippen LogP contribution in [0.2, 0.25) is 0 Å². The summed E-state index contributed by atoms with van der Waals surface area (Å²) in [5.74, 6) is -1.17. The lowest BCUT2D eigenvalue weighted by Crippen LogP contribution is -2.46. The summed E-state index contributed by atoms with van der Waals surface area (Å²) in [4.78, 5) is 35.2. The molecule has 0 spiro atoms. The molecule has 25 heavy (non-hydrogen) atoms. The van der Waals surface area contributed by atoms with E-state index in [4.69, 9.17) is 0 Å². The lowest BCUT2D eigenvalue weighted by atomic mass is 10.00. The third kappa shape index (κ3) is 9.23. The van der Waals surface area contributed by atoms with Gasteiger partial charge in [-0.1, -0.05) is 42.1 Å². The summed E-state index contributed by atoms with van der Waals surface area (Å²) in [6, 6.07) is 8.59. The van der Waals surface area contributed by atoms with Crippen LogP contribution in [0.3, 0.4) is 0 Å². The van der Waals surface area contributed by atoms with Gasteiger partial charge < -0.3 is 10.4 Å². The number of amides is 1. The van der Waals surface area contributed by atoms with E-state index in [1.807, 2.05) is 36.6 Å². The van der Waals surface area contributed by atoms with E-state index in [0.29, 0.717) is 17.9 Å². The van der Waals surface area contributed by atoms with E-state index >= 15 is 0 Å². The van der Waals surface area contributed by atoms with Crippen molar-refractivity contribution >= 4 is 52.3 Å². The van der Waals surface area contributed by atoms with Gasteiger partial charge in [-0.15, -0.1) is 11.8 Å². The van der Waals surface area contributed by atoms with Crippen LogP contribution in [-0.4, -0.2) is 51.0 Å². The van der Waals surface area contributed by atoms with Crippen molar-refractivity contribution in [3.8, 4) is 0 Å². The number of carbonyl (C=O) groups excluding carboxylic acids is 2. The molecule has 0 aliphatic heterocycles. The SMILES string of the molecule is CSCSC[C@H](NC(=O)C(CSC(C)=O)Cc1ccccc1)C(=O)O. The molecule has 2 atom stereocenters. The van der Waals surface area contributed by atoms with Crippen LogP contribution in [0.4, 0.5) is 0 Å². The number of benzene rings is 1. The van der Waals surface area contributed by atoms with Gasteiger partial charge in [0.1, 0.15) is 6.04 Å². The molecular formula is C17H23NO4S3. The standard InChI is InChI=1S/C17H23NO4S3/c1-12(19)25-9-14(8-13-6-4-3-5-7-13)16(20)18-15(17(21)22)10-24-11-23-2/h3-7,14-15H,8-11H2,1-2H3,(H,18,20)(H,21,22)/t14?,15-/m0/s1. The molecule has 0 saturated carbocycles. The van der Waals surface area contributed by atoms with Gasteiger partial charge in [-0.25, -0.2) is 4.79 Å². The lowest BCUT2D eigenvalue weighted by molar-refractivity contribution is -0.141. The van der Waals surface area contributed by atoms with Gasteiger partial charge in [0.2, 0.25) is 5.91 Å². The zero-order valence-corrected chi connectivity index (χ0v) is 16.7. The molecule has 0 radical (unpaired) electrons. The quantitative estimate of drug-likeness (QED) is 0.436. The Hall–Kier alpha value is -1.12. The number of carboxylic acid groups (broad SMARTS) is 1. The average molecular weight is 402 g/mol. The van der Waals surface area contributed by atoms with Crippen LogP contribution in [0.1, 0.15) is 12.5 Å². The van der Waals surface area contributed by atoms with Crippen LogP contribution < -0.4 is 5.32 Å². The molecule has 0 heterocycles. The Kier molecular flexibility index (Phi) is 10.8. The number of hydrogen-bond acceptors (Lipinski definition) is 6. The maximum Gasteiger partial charge on any atom is 0.327 e. The molecule has 138 valence electrons. The van der Waals surface area contributed by atoms with E-state index in [1.165, 1.54) is 18.7 Å². The summed E-state index contributed by atoms with van der Waals surface area (Å²) in [5, 5.41) is 12.7. The van der Waals surface area contributed by atoms with Crippen LogP contribution in [0.25, 0.3) is 0 Å². The first-order valence-electron chi connectivity index (χ1n) is 7.71. The molecule has 5 nitrogen and oxygen atoms in total. The third-order valence-corrected chi connectivity index (χ3v) is 6.44. The van der Waals surface area contributed by atoms with E-state index < -0.39 is 17.9 Å². The molecular weight excluding hydrogens is 378 g/mol. The molecule has 0 bridgehead atoms. The molecule has 1 amide bonds. The summed E-state index contributed by atoms with van der Waals surface area (Å²) in [7, 11) is 0. The number of thioether (sulfide) groups is 3. The predicted molar refractivity (Wildman–Crippen MR) is 107 cm³/mol. The first-order chi connectivity index (χ1) is 11.9. The van der Waals surface area contributed by atoms with Gasteiger partial charge in [-0.2, -0.15) is 11.8 Å². The second-order valence-electron chi connectivity index (χ2n) is 5.37. The minimum atomic E-state index is -1.04. The molecule has 1 unspecified atom stereocenters. The summed E-state index contributed by atoms with van der Waals surface area (Å²) >= 11 is 4.17. The summed E-state index contributed by atoms with van der Waals surface area (Å²) in [5.41, 5.74) is 0.982. The Bertz CT molecular complexity index is 568. The Morgan fingerprint density at radius 1 is 1.16 bits per heavy atom. The Morgan fingerprint density at radius 2 is 1.84 bits per heavy atom. The zero-order chi connectivity index (χ0) is 18.7. The monoisotopic (exact) mass is 401 g/mol. The van der Waals surface area contributed by atoms with Gasteiger partial charge >= 0.3 is 5.97 Å². The number of carboxylic acids is 1. The molecule has 1 rings (SSSR count). The largest absolute Gasteiger partial charge is 0.480 e. The van der Waals surface area contributed by atoms with Crippen molar-refractivity contribution in [3.05, 3.63) is 35.9 Å². The van der Waals surface area contributed by atoms with Crippen LogP contribution in [0.5, 0.6) is 0 Å². The highest BCUT2D eigenvalue weighted by molar-refractivity contribution is 8.15. The molecule has 0 saturated heterocycles. The fraction of sp³-hybridized carbons (Fsp3) is 0.471. The number of carbonyl (C=O) groups is 3. The summed E-state index contributed by atoms with van der Waals surface area (Å²) in [6.07, 6.45) is 2.41. The third-order valence-electron chi connectivity index (χ3n) is 3.28. The van der Waals surface area contributed by atoms with Gasteiger partial charge in [0.05, 0.1) is 5.92 Å². The van der Waals surface area contributed by atoms with E-state index in [-0.39, 0.29) is 11.0 Å². The first kappa shape index (κ1) is 21.9. The van der Waals surface area contributed by atoms with Crippen molar-refractivity contribution in [2.45, 2.75) is 19.4 Å². The highest BCUT2D eigenvalue weighted by Gasteiger charge is 2.26. The fourth-order valence-electron chi connectivity index (χ4n) is 2.06. The van der Waals surface area contributed by atoms with Crippen molar-refractivity contribution in [2.75, 3.05) is 22.8 Å². The highest BCUT2D eigenvalue weighted by atomic mass is 32.2. The molecule has 1 aromatic rings. The summed E-state index contributed by atoms with van der Waals surface area (Å²) < 4.78 is 0. The van der Waals surface area contributed by atoms with E-state index in [0.717, 1.165) is 22.4 Å². The van der Waals surface area contributed by atoms with Gasteiger partial charge in [-0.3, -0.25) is 9.59 Å². The number of nitrogens with one attached hydrogen (secondary N) is 1. The van der Waals surface area contributed by atoms with E-state index in [1.54, 1.807) is 11.8 Å². The minimum Gasteiger partial charge on any atom is -0.480 e.